The van der Waals surface area contributed by atoms with E-state index < -0.39 is 5.97 Å². The van der Waals surface area contributed by atoms with Crippen LogP contribution < -0.4 is 14.8 Å². The Bertz CT molecular complexity index is 711. The molecule has 1 saturated carbocycles. The average Bonchev–Trinajstić information content (AvgIpc) is 2.96. The summed E-state index contributed by atoms with van der Waals surface area (Å²) in [4.78, 5) is 36.1. The van der Waals surface area contributed by atoms with Crippen molar-refractivity contribution in [2.75, 3.05) is 19.8 Å². The van der Waals surface area contributed by atoms with Gasteiger partial charge in [0.25, 0.3) is 5.91 Å². The smallest absolute Gasteiger partial charge is 0.306 e. The number of esters is 1. The largest absolute Gasteiger partial charge is 0.490 e. The normalized spacial score (nSPS) is 16.7. The first kappa shape index (κ1) is 20.2. The fourth-order valence-electron chi connectivity index (χ4n) is 3.43. The lowest BCUT2D eigenvalue weighted by atomic mass is 9.95. The van der Waals surface area contributed by atoms with Crippen LogP contribution in [-0.4, -0.2) is 43.5 Å². The Labute approximate surface area is 164 Å². The predicted octanol–water partition coefficient (Wildman–Crippen LogP) is 2.80. The van der Waals surface area contributed by atoms with Crippen molar-refractivity contribution in [2.45, 2.75) is 57.4 Å². The standard InChI is InChI=1S/C21H27NO6/c23-17(15-7-9-18-19(13-15)27-12-4-11-26-18)8-10-21(25)28-14-20(24)22-16-5-2-1-3-6-16/h7,9,13,16H,1-6,8,10-12,14H2,(H,22,24). The van der Waals surface area contributed by atoms with Crippen LogP contribution in [0.2, 0.25) is 0 Å². The third-order valence-electron chi connectivity index (χ3n) is 4.96. The van der Waals surface area contributed by atoms with Crippen LogP contribution in [0.4, 0.5) is 0 Å². The SMILES string of the molecule is O=C(COC(=O)CCC(=O)c1ccc2c(c1)OCCCO2)NC1CCCCC1. The number of carbonyl (C=O) groups excluding carboxylic acids is 3. The number of hydrogen-bond donors (Lipinski definition) is 1. The highest BCUT2D eigenvalue weighted by atomic mass is 16.5. The molecule has 7 heteroatoms. The number of fused-ring (bicyclic) bond motifs is 1. The molecule has 0 radical (unpaired) electrons. The zero-order valence-electron chi connectivity index (χ0n) is 16.0. The second-order valence-electron chi connectivity index (χ2n) is 7.20. The topological polar surface area (TPSA) is 90.9 Å². The summed E-state index contributed by atoms with van der Waals surface area (Å²) in [5.74, 6) is 0.151. The first-order valence-electron chi connectivity index (χ1n) is 9.99. The summed E-state index contributed by atoms with van der Waals surface area (Å²) in [6.07, 6.45) is 6.14. The maximum absolute atomic E-state index is 12.3. The molecule has 0 unspecified atom stereocenters. The second kappa shape index (κ2) is 10.1. The van der Waals surface area contributed by atoms with Crippen LogP contribution in [0, 0.1) is 0 Å². The Hall–Kier alpha value is -2.57. The predicted molar refractivity (Wildman–Crippen MR) is 102 cm³/mol. The third-order valence-corrected chi connectivity index (χ3v) is 4.96. The van der Waals surface area contributed by atoms with E-state index in [-0.39, 0.29) is 37.2 Å². The monoisotopic (exact) mass is 389 g/mol. The van der Waals surface area contributed by atoms with Crippen molar-refractivity contribution in [2.24, 2.45) is 0 Å². The van der Waals surface area contributed by atoms with Crippen molar-refractivity contribution < 1.29 is 28.6 Å². The molecule has 1 aromatic rings. The quantitative estimate of drug-likeness (QED) is 0.570. The highest BCUT2D eigenvalue weighted by molar-refractivity contribution is 5.98. The number of ether oxygens (including phenoxy) is 3. The lowest BCUT2D eigenvalue weighted by molar-refractivity contribution is -0.148. The van der Waals surface area contributed by atoms with Gasteiger partial charge in [-0.2, -0.15) is 0 Å². The van der Waals surface area contributed by atoms with Crippen molar-refractivity contribution in [3.63, 3.8) is 0 Å². The zero-order chi connectivity index (χ0) is 19.8. The molecule has 1 fully saturated rings. The van der Waals surface area contributed by atoms with Gasteiger partial charge in [0, 0.05) is 24.4 Å². The van der Waals surface area contributed by atoms with Crippen LogP contribution in [0.25, 0.3) is 0 Å². The molecule has 1 aliphatic heterocycles. The van der Waals surface area contributed by atoms with Crippen LogP contribution >= 0.6 is 0 Å². The number of hydrogen-bond acceptors (Lipinski definition) is 6. The molecule has 0 bridgehead atoms. The van der Waals surface area contributed by atoms with E-state index in [0.29, 0.717) is 30.3 Å². The maximum atomic E-state index is 12.3. The van der Waals surface area contributed by atoms with E-state index in [9.17, 15) is 14.4 Å². The number of ketones is 1. The van der Waals surface area contributed by atoms with Gasteiger partial charge >= 0.3 is 5.97 Å². The molecule has 2 aliphatic rings. The van der Waals surface area contributed by atoms with Crippen LogP contribution in [0.5, 0.6) is 11.5 Å². The number of amides is 1. The highest BCUT2D eigenvalue weighted by Gasteiger charge is 2.18. The number of nitrogens with one attached hydrogen (secondary N) is 1. The van der Waals surface area contributed by atoms with E-state index in [1.54, 1.807) is 18.2 Å². The summed E-state index contributed by atoms with van der Waals surface area (Å²) < 4.78 is 16.1. The average molecular weight is 389 g/mol. The minimum absolute atomic E-state index is 0.0166. The van der Waals surface area contributed by atoms with Crippen molar-refractivity contribution in [1.82, 2.24) is 5.32 Å². The summed E-state index contributed by atoms with van der Waals surface area (Å²) in [5, 5.41) is 2.89. The molecule has 1 aromatic carbocycles. The summed E-state index contributed by atoms with van der Waals surface area (Å²) in [5.41, 5.74) is 0.465. The molecular formula is C21H27NO6. The van der Waals surface area contributed by atoms with Gasteiger partial charge in [0.1, 0.15) is 0 Å². The Balaban J connectivity index is 1.39. The van der Waals surface area contributed by atoms with Crippen LogP contribution in [0.15, 0.2) is 18.2 Å². The van der Waals surface area contributed by atoms with Crippen LogP contribution in [0.3, 0.4) is 0 Å². The maximum Gasteiger partial charge on any atom is 0.306 e. The molecule has 0 saturated heterocycles. The second-order valence-corrected chi connectivity index (χ2v) is 7.20. The number of rotatable bonds is 7. The lowest BCUT2D eigenvalue weighted by Gasteiger charge is -2.22. The number of carbonyl (C=O) groups is 3. The van der Waals surface area contributed by atoms with Gasteiger partial charge < -0.3 is 19.5 Å². The van der Waals surface area contributed by atoms with Gasteiger partial charge in [-0.3, -0.25) is 14.4 Å². The van der Waals surface area contributed by atoms with Crippen molar-refractivity contribution in [3.8, 4) is 11.5 Å². The molecular weight excluding hydrogens is 362 g/mol. The Morgan fingerprint density at radius 1 is 0.964 bits per heavy atom. The van der Waals surface area contributed by atoms with Gasteiger partial charge in [-0.15, -0.1) is 0 Å². The van der Waals surface area contributed by atoms with Crippen molar-refractivity contribution in [1.29, 1.82) is 0 Å². The van der Waals surface area contributed by atoms with E-state index in [0.717, 1.165) is 32.1 Å². The fourth-order valence-corrected chi connectivity index (χ4v) is 3.43. The molecule has 0 aromatic heterocycles. The van der Waals surface area contributed by atoms with E-state index in [1.165, 1.54) is 6.42 Å². The van der Waals surface area contributed by atoms with E-state index >= 15 is 0 Å². The van der Waals surface area contributed by atoms with Crippen LogP contribution in [-0.2, 0) is 14.3 Å². The minimum Gasteiger partial charge on any atom is -0.490 e. The summed E-state index contributed by atoms with van der Waals surface area (Å²) in [7, 11) is 0. The van der Waals surface area contributed by atoms with Gasteiger partial charge in [-0.25, -0.2) is 0 Å². The molecule has 7 nitrogen and oxygen atoms in total. The summed E-state index contributed by atoms with van der Waals surface area (Å²) >= 11 is 0. The molecule has 152 valence electrons. The summed E-state index contributed by atoms with van der Waals surface area (Å²) in [6.45, 7) is 0.827. The van der Waals surface area contributed by atoms with E-state index in [4.69, 9.17) is 14.2 Å². The molecule has 0 spiro atoms. The molecule has 1 N–H and O–H groups in total. The molecule has 0 atom stereocenters. The van der Waals surface area contributed by atoms with Crippen molar-refractivity contribution >= 4 is 17.7 Å². The highest BCUT2D eigenvalue weighted by Crippen LogP contribution is 2.30. The minimum atomic E-state index is -0.554. The van der Waals surface area contributed by atoms with E-state index in [1.807, 2.05) is 0 Å². The fraction of sp³-hybridized carbons (Fsp3) is 0.571. The van der Waals surface area contributed by atoms with Crippen LogP contribution in [0.1, 0.15) is 61.7 Å². The molecule has 3 rings (SSSR count). The molecule has 1 aliphatic carbocycles. The number of Topliss-reactive ketones (excluding diaryl/α,β-unsaturated/α-hetero) is 1. The number of benzene rings is 1. The van der Waals surface area contributed by atoms with Gasteiger partial charge in [-0.05, 0) is 31.0 Å². The lowest BCUT2D eigenvalue weighted by Crippen LogP contribution is -2.38. The van der Waals surface area contributed by atoms with Crippen molar-refractivity contribution in [3.05, 3.63) is 23.8 Å². The molecule has 1 heterocycles. The van der Waals surface area contributed by atoms with E-state index in [2.05, 4.69) is 5.32 Å². The molecule has 1 amide bonds. The Morgan fingerprint density at radius 2 is 1.71 bits per heavy atom. The summed E-state index contributed by atoms with van der Waals surface area (Å²) in [6, 6.07) is 5.20. The van der Waals surface area contributed by atoms with Gasteiger partial charge in [0.2, 0.25) is 0 Å². The first-order valence-corrected chi connectivity index (χ1v) is 9.99. The Morgan fingerprint density at radius 3 is 2.50 bits per heavy atom. The van der Waals surface area contributed by atoms with Gasteiger partial charge in [-0.1, -0.05) is 19.3 Å². The first-order chi connectivity index (χ1) is 13.6. The zero-order valence-corrected chi connectivity index (χ0v) is 16.0. The van der Waals surface area contributed by atoms with Gasteiger partial charge in [0.15, 0.2) is 23.9 Å². The third kappa shape index (κ3) is 5.97. The Kier molecular flexibility index (Phi) is 7.28. The molecule has 28 heavy (non-hydrogen) atoms. The van der Waals surface area contributed by atoms with Gasteiger partial charge in [0.05, 0.1) is 19.6 Å².